The maximum Gasteiger partial charge on any atom is 0.337 e. The molecule has 0 radical (unpaired) electrons. The van der Waals surface area contributed by atoms with Gasteiger partial charge in [0.1, 0.15) is 24.4 Å². The van der Waals surface area contributed by atoms with E-state index in [1.54, 1.807) is 6.08 Å². The van der Waals surface area contributed by atoms with E-state index >= 15 is 0 Å². The molecule has 1 aromatic heterocycles. The Morgan fingerprint density at radius 3 is 2.74 bits per heavy atom. The van der Waals surface area contributed by atoms with E-state index in [9.17, 15) is 25.2 Å². The first-order valence-corrected chi connectivity index (χ1v) is 12.5. The van der Waals surface area contributed by atoms with Gasteiger partial charge in [-0.2, -0.15) is 0 Å². The summed E-state index contributed by atoms with van der Waals surface area (Å²) < 4.78 is 22.2. The molecule has 3 aliphatic heterocycles. The number of benzene rings is 1. The van der Waals surface area contributed by atoms with Gasteiger partial charge in [-0.25, -0.2) is 4.79 Å². The van der Waals surface area contributed by atoms with Gasteiger partial charge in [0.15, 0.2) is 6.29 Å². The van der Waals surface area contributed by atoms with Crippen molar-refractivity contribution in [3.63, 3.8) is 0 Å². The van der Waals surface area contributed by atoms with Gasteiger partial charge in [0, 0.05) is 29.3 Å². The Bertz CT molecular complexity index is 1250. The fraction of sp³-hybridized carbons (Fsp3) is 0.481. The van der Waals surface area contributed by atoms with Crippen LogP contribution in [0.3, 0.4) is 0 Å². The molecule has 38 heavy (non-hydrogen) atoms. The van der Waals surface area contributed by atoms with Gasteiger partial charge < -0.3 is 44.4 Å². The van der Waals surface area contributed by atoms with Crippen molar-refractivity contribution in [1.82, 2.24) is 4.98 Å². The third-order valence-electron chi connectivity index (χ3n) is 7.50. The van der Waals surface area contributed by atoms with Gasteiger partial charge in [-0.05, 0) is 24.5 Å². The fourth-order valence-corrected chi connectivity index (χ4v) is 5.45. The monoisotopic (exact) mass is 528 g/mol. The van der Waals surface area contributed by atoms with Gasteiger partial charge >= 0.3 is 5.97 Å². The summed E-state index contributed by atoms with van der Waals surface area (Å²) in [6, 6.07) is 8.04. The summed E-state index contributed by atoms with van der Waals surface area (Å²) in [5.74, 6) is -1.69. The number of aliphatic imine (C=N–C) groups is 1. The van der Waals surface area contributed by atoms with E-state index in [0.717, 1.165) is 28.7 Å². The highest BCUT2D eigenvalue weighted by Crippen LogP contribution is 2.39. The Balaban J connectivity index is 1.44. The molecule has 5 rings (SSSR count). The highest BCUT2D eigenvalue weighted by molar-refractivity contribution is 6.07. The Morgan fingerprint density at radius 2 is 2.00 bits per heavy atom. The number of hydrogen-bond donors (Lipinski definition) is 5. The number of nitrogens with zero attached hydrogens (tertiary/aromatic N) is 1. The summed E-state index contributed by atoms with van der Waals surface area (Å²) in [6.07, 6.45) is -4.37. The van der Waals surface area contributed by atoms with Crippen molar-refractivity contribution in [2.24, 2.45) is 16.8 Å². The number of ether oxygens (including phenoxy) is 4. The minimum Gasteiger partial charge on any atom is -0.471 e. The number of H-pyrrole nitrogens is 1. The van der Waals surface area contributed by atoms with Crippen molar-refractivity contribution < 1.29 is 44.2 Å². The van der Waals surface area contributed by atoms with Crippen molar-refractivity contribution in [3.05, 3.63) is 60.0 Å². The number of aromatic nitrogens is 1. The van der Waals surface area contributed by atoms with Crippen LogP contribution in [0.1, 0.15) is 17.7 Å². The minimum absolute atomic E-state index is 0.275. The van der Waals surface area contributed by atoms with Crippen LogP contribution < -0.4 is 0 Å². The predicted molar refractivity (Wildman–Crippen MR) is 135 cm³/mol. The zero-order chi connectivity index (χ0) is 27.0. The first-order chi connectivity index (χ1) is 18.4. The van der Waals surface area contributed by atoms with Crippen LogP contribution in [0.25, 0.3) is 10.9 Å². The van der Waals surface area contributed by atoms with Crippen molar-refractivity contribution in [2.75, 3.05) is 20.3 Å². The number of methoxy groups -OCH3 is 1. The van der Waals surface area contributed by atoms with Crippen LogP contribution in [0, 0.1) is 11.8 Å². The minimum atomic E-state index is -1.61. The lowest BCUT2D eigenvalue weighted by molar-refractivity contribution is -0.339. The van der Waals surface area contributed by atoms with Crippen LogP contribution in [0.2, 0.25) is 0 Å². The zero-order valence-electron chi connectivity index (χ0n) is 20.9. The number of aliphatic hydroxyl groups is 4. The molecule has 4 heterocycles. The number of rotatable bonds is 7. The Kier molecular flexibility index (Phi) is 7.66. The van der Waals surface area contributed by atoms with E-state index in [0.29, 0.717) is 13.0 Å². The SMILES string of the molecule is C=C[C@H]1[C@H](O[C@@H]2O[C@H](CO)[C@@H](O)[C@H](O)[C@H]2O)OC=C(C(=O)OC)[C@H]1CC1=NCCc2c1[nH]c1ccccc21. The Morgan fingerprint density at radius 1 is 1.21 bits per heavy atom. The van der Waals surface area contributed by atoms with E-state index in [4.69, 9.17) is 23.9 Å². The third-order valence-corrected chi connectivity index (χ3v) is 7.50. The lowest BCUT2D eigenvalue weighted by Crippen LogP contribution is -2.60. The van der Waals surface area contributed by atoms with E-state index in [1.165, 1.54) is 18.9 Å². The van der Waals surface area contributed by atoms with Crippen LogP contribution in [0.5, 0.6) is 0 Å². The highest BCUT2D eigenvalue weighted by atomic mass is 16.8. The van der Waals surface area contributed by atoms with Crippen molar-refractivity contribution in [1.29, 1.82) is 0 Å². The molecule has 1 aromatic carbocycles. The molecule has 3 aliphatic rings. The second kappa shape index (κ2) is 11.0. The van der Waals surface area contributed by atoms with E-state index in [-0.39, 0.29) is 5.57 Å². The van der Waals surface area contributed by atoms with Crippen LogP contribution in [-0.2, 0) is 30.2 Å². The second-order valence-electron chi connectivity index (χ2n) is 9.63. The van der Waals surface area contributed by atoms with Crippen molar-refractivity contribution in [2.45, 2.75) is 49.8 Å². The number of para-hydroxylation sites is 1. The zero-order valence-corrected chi connectivity index (χ0v) is 20.9. The standard InChI is InChI=1S/C27H32N2O9/c1-3-13-16(10-19-21-15(8-9-28-19)14-6-4-5-7-18(14)29-21)17(25(34)35-2)12-36-26(13)38-27-24(33)23(32)22(31)20(11-30)37-27/h3-7,12-13,16,20,22-24,26-27,29-33H,1,8-11H2,2H3/t13-,16+,20-,22-,23+,24-,26+,27+/m1/s1. The quantitative estimate of drug-likeness (QED) is 0.255. The van der Waals surface area contributed by atoms with Gasteiger partial charge in [-0.15, -0.1) is 6.58 Å². The molecule has 204 valence electrons. The third kappa shape index (κ3) is 4.66. The summed E-state index contributed by atoms with van der Waals surface area (Å²) in [7, 11) is 1.29. The van der Waals surface area contributed by atoms with Crippen LogP contribution in [0.4, 0.5) is 0 Å². The highest BCUT2D eigenvalue weighted by Gasteiger charge is 2.47. The Labute approximate surface area is 219 Å². The number of carbonyl (C=O) groups is 1. The number of hydrogen-bond acceptors (Lipinski definition) is 10. The average molecular weight is 529 g/mol. The van der Waals surface area contributed by atoms with Gasteiger partial charge in [0.25, 0.3) is 0 Å². The van der Waals surface area contributed by atoms with E-state index in [2.05, 4.69) is 17.6 Å². The van der Waals surface area contributed by atoms with Crippen molar-refractivity contribution >= 4 is 22.6 Å². The van der Waals surface area contributed by atoms with Gasteiger partial charge in [-0.1, -0.05) is 24.3 Å². The molecule has 0 saturated carbocycles. The molecule has 11 nitrogen and oxygen atoms in total. The lowest BCUT2D eigenvalue weighted by Gasteiger charge is -2.43. The van der Waals surface area contributed by atoms with Gasteiger partial charge in [-0.3, -0.25) is 4.99 Å². The smallest absolute Gasteiger partial charge is 0.337 e. The van der Waals surface area contributed by atoms with Gasteiger partial charge in [0.05, 0.1) is 37.0 Å². The molecule has 0 amide bonds. The van der Waals surface area contributed by atoms with E-state index < -0.39 is 61.4 Å². The Hall–Kier alpha value is -3.06. The van der Waals surface area contributed by atoms with E-state index in [1.807, 2.05) is 18.2 Å². The summed E-state index contributed by atoms with van der Waals surface area (Å²) in [6.45, 7) is 3.94. The molecule has 11 heteroatoms. The molecule has 0 unspecified atom stereocenters. The molecule has 8 atom stereocenters. The predicted octanol–water partition coefficient (Wildman–Crippen LogP) is 0.551. The average Bonchev–Trinajstić information content (AvgIpc) is 3.33. The summed E-state index contributed by atoms with van der Waals surface area (Å²) >= 11 is 0. The number of aromatic amines is 1. The number of fused-ring (bicyclic) bond motifs is 3. The largest absolute Gasteiger partial charge is 0.471 e. The maximum absolute atomic E-state index is 12.7. The topological polar surface area (TPSA) is 163 Å². The first-order valence-electron chi connectivity index (χ1n) is 12.5. The summed E-state index contributed by atoms with van der Waals surface area (Å²) in [5, 5.41) is 41.4. The number of aliphatic hydroxyl groups excluding tert-OH is 4. The van der Waals surface area contributed by atoms with Crippen LogP contribution >= 0.6 is 0 Å². The second-order valence-corrected chi connectivity index (χ2v) is 9.63. The molecule has 5 N–H and O–H groups in total. The first kappa shape index (κ1) is 26.5. The molecular formula is C27H32N2O9. The maximum atomic E-state index is 12.7. The number of esters is 1. The molecule has 2 aromatic rings. The summed E-state index contributed by atoms with van der Waals surface area (Å²) in [4.78, 5) is 21.0. The van der Waals surface area contributed by atoms with Crippen LogP contribution in [-0.4, -0.2) is 94.3 Å². The normalized spacial score (nSPS) is 33.1. The molecule has 0 spiro atoms. The molecule has 1 fully saturated rings. The molecular weight excluding hydrogens is 496 g/mol. The van der Waals surface area contributed by atoms with Gasteiger partial charge in [0.2, 0.25) is 6.29 Å². The van der Waals surface area contributed by atoms with Crippen molar-refractivity contribution in [3.8, 4) is 0 Å². The fourth-order valence-electron chi connectivity index (χ4n) is 5.45. The molecule has 1 saturated heterocycles. The van der Waals surface area contributed by atoms with Crippen LogP contribution in [0.15, 0.2) is 53.7 Å². The number of carbonyl (C=O) groups excluding carboxylic acids is 1. The summed E-state index contributed by atoms with van der Waals surface area (Å²) in [5.41, 5.74) is 4.17. The lowest BCUT2D eigenvalue weighted by atomic mass is 9.79. The number of nitrogens with one attached hydrogen (secondary N) is 1. The molecule has 0 bridgehead atoms. The molecule has 0 aliphatic carbocycles.